The summed E-state index contributed by atoms with van der Waals surface area (Å²) < 4.78 is 52.0. The summed E-state index contributed by atoms with van der Waals surface area (Å²) in [6, 6.07) is 10.5. The van der Waals surface area contributed by atoms with Crippen LogP contribution in [0.25, 0.3) is 27.3 Å². The molecule has 0 aliphatic heterocycles. The Morgan fingerprint density at radius 3 is 2.50 bits per heavy atom. The summed E-state index contributed by atoms with van der Waals surface area (Å²) in [4.78, 5) is 31.7. The molecule has 0 spiro atoms. The van der Waals surface area contributed by atoms with Crippen LogP contribution in [-0.2, 0) is 15.7 Å². The van der Waals surface area contributed by atoms with Crippen molar-refractivity contribution in [2.45, 2.75) is 25.9 Å². The Morgan fingerprint density at radius 2 is 1.87 bits per heavy atom. The average Bonchev–Trinajstić information content (AvgIpc) is 3.49. The highest BCUT2D eigenvalue weighted by molar-refractivity contribution is 7.14. The monoisotopic (exact) mass is 546 g/mol. The van der Waals surface area contributed by atoms with E-state index < -0.39 is 30.2 Å². The van der Waals surface area contributed by atoms with Crippen molar-refractivity contribution < 1.29 is 32.2 Å². The predicted octanol–water partition coefficient (Wildman–Crippen LogP) is 5.54. The van der Waals surface area contributed by atoms with Gasteiger partial charge in [0.2, 0.25) is 5.13 Å². The Hall–Kier alpha value is -3.93. The van der Waals surface area contributed by atoms with Gasteiger partial charge in [0.1, 0.15) is 12.3 Å². The van der Waals surface area contributed by atoms with E-state index in [4.69, 9.17) is 9.72 Å². The van der Waals surface area contributed by atoms with Crippen molar-refractivity contribution in [3.05, 3.63) is 58.6 Å². The molecule has 0 radical (unpaired) electrons. The molecule has 0 fully saturated rings. The van der Waals surface area contributed by atoms with E-state index in [1.807, 2.05) is 38.1 Å². The molecule has 0 unspecified atom stereocenters. The number of thiazole rings is 1. The Balaban J connectivity index is 1.91. The number of rotatable bonds is 7. The maximum Gasteiger partial charge on any atom is 0.416 e. The van der Waals surface area contributed by atoms with Gasteiger partial charge < -0.3 is 14.4 Å². The maximum absolute atomic E-state index is 13.5. The van der Waals surface area contributed by atoms with Gasteiger partial charge in [0.25, 0.3) is 5.91 Å². The fraction of sp³-hybridized carbons (Fsp3) is 0.308. The number of alkyl halides is 3. The molecule has 0 saturated carbocycles. The summed E-state index contributed by atoms with van der Waals surface area (Å²) in [7, 11) is 4.09. The smallest absolute Gasteiger partial charge is 0.416 e. The Bertz CT molecular complexity index is 1510. The molecule has 4 rings (SSSR count). The number of carbonyl (C=O) groups is 2. The molecule has 0 aliphatic rings. The summed E-state index contributed by atoms with van der Waals surface area (Å²) in [6.45, 7) is 3.63. The lowest BCUT2D eigenvalue weighted by atomic mass is 10.1. The number of hydrogen-bond donors (Lipinski definition) is 0. The van der Waals surface area contributed by atoms with Crippen LogP contribution in [0.2, 0.25) is 0 Å². The zero-order valence-electron chi connectivity index (χ0n) is 21.3. The summed E-state index contributed by atoms with van der Waals surface area (Å²) in [6.07, 6.45) is -4.62. The Kier molecular flexibility index (Phi) is 7.45. The minimum absolute atomic E-state index is 0.00855. The van der Waals surface area contributed by atoms with Gasteiger partial charge in [-0.1, -0.05) is 37.3 Å². The molecule has 2 heterocycles. The zero-order chi connectivity index (χ0) is 27.8. The number of nitrogens with zero attached hydrogens (tertiary/aromatic N) is 4. The SMILES string of the molecule is COC(=O)CN(C)C(=O)c1nn(-c2nc(-c3cccc(OC)c3)c(C(C)C)s2)c2ccc(C(F)(F)F)cc12. The molecule has 0 aliphatic carbocycles. The van der Waals surface area contributed by atoms with Crippen LogP contribution < -0.4 is 4.74 Å². The molecule has 200 valence electrons. The number of hydrogen-bond acceptors (Lipinski definition) is 7. The number of fused-ring (bicyclic) bond motifs is 1. The van der Waals surface area contributed by atoms with Gasteiger partial charge in [-0.05, 0) is 36.2 Å². The number of amides is 1. The molecule has 0 bridgehead atoms. The lowest BCUT2D eigenvalue weighted by molar-refractivity contribution is -0.141. The topological polar surface area (TPSA) is 86.6 Å². The van der Waals surface area contributed by atoms with E-state index in [-0.39, 0.29) is 22.5 Å². The van der Waals surface area contributed by atoms with Crippen LogP contribution >= 0.6 is 11.3 Å². The first-order chi connectivity index (χ1) is 17.9. The largest absolute Gasteiger partial charge is 0.497 e. The van der Waals surface area contributed by atoms with Gasteiger partial charge in [-0.25, -0.2) is 9.67 Å². The van der Waals surface area contributed by atoms with Crippen LogP contribution in [0.15, 0.2) is 42.5 Å². The number of esters is 1. The molecule has 1 amide bonds. The lowest BCUT2D eigenvalue weighted by Crippen LogP contribution is -2.33. The maximum atomic E-state index is 13.5. The van der Waals surface area contributed by atoms with Crippen LogP contribution in [0, 0.1) is 0 Å². The summed E-state index contributed by atoms with van der Waals surface area (Å²) in [5.74, 6) is -0.678. The van der Waals surface area contributed by atoms with Gasteiger partial charge >= 0.3 is 12.1 Å². The molecule has 12 heteroatoms. The molecular formula is C26H25F3N4O4S. The summed E-state index contributed by atoms with van der Waals surface area (Å²) in [5, 5.41) is 4.78. The molecule has 38 heavy (non-hydrogen) atoms. The Morgan fingerprint density at radius 1 is 1.13 bits per heavy atom. The first kappa shape index (κ1) is 27.1. The minimum atomic E-state index is -4.62. The average molecular weight is 547 g/mol. The fourth-order valence-electron chi connectivity index (χ4n) is 3.89. The number of halogens is 3. The molecule has 0 N–H and O–H groups in total. The molecule has 2 aromatic heterocycles. The molecule has 0 saturated heterocycles. The van der Waals surface area contributed by atoms with Crippen molar-refractivity contribution in [3.8, 4) is 22.1 Å². The van der Waals surface area contributed by atoms with Crippen LogP contribution in [0.1, 0.15) is 40.7 Å². The normalized spacial score (nSPS) is 11.7. The molecular weight excluding hydrogens is 521 g/mol. The predicted molar refractivity (Wildman–Crippen MR) is 137 cm³/mol. The van der Waals surface area contributed by atoms with Crippen molar-refractivity contribution in [2.24, 2.45) is 0 Å². The zero-order valence-corrected chi connectivity index (χ0v) is 22.1. The Labute approximate surface area is 220 Å². The molecule has 0 atom stereocenters. The second kappa shape index (κ2) is 10.4. The van der Waals surface area contributed by atoms with Crippen molar-refractivity contribution in [1.82, 2.24) is 19.7 Å². The molecule has 8 nitrogen and oxygen atoms in total. The van der Waals surface area contributed by atoms with Gasteiger partial charge in [-0.15, -0.1) is 0 Å². The third-order valence-corrected chi connectivity index (χ3v) is 7.17. The number of benzene rings is 2. The number of aromatic nitrogens is 3. The van der Waals surface area contributed by atoms with Crippen molar-refractivity contribution in [1.29, 1.82) is 0 Å². The van der Waals surface area contributed by atoms with E-state index in [0.29, 0.717) is 16.6 Å². The van der Waals surface area contributed by atoms with Crippen molar-refractivity contribution in [3.63, 3.8) is 0 Å². The fourth-order valence-corrected chi connectivity index (χ4v) is 4.94. The van der Waals surface area contributed by atoms with E-state index in [1.165, 1.54) is 36.2 Å². The number of ether oxygens (including phenoxy) is 2. The summed E-state index contributed by atoms with van der Waals surface area (Å²) in [5.41, 5.74) is 0.606. The third-order valence-electron chi connectivity index (χ3n) is 5.84. The lowest BCUT2D eigenvalue weighted by Gasteiger charge is -2.14. The van der Waals surface area contributed by atoms with Crippen molar-refractivity contribution >= 4 is 34.1 Å². The molecule has 4 aromatic rings. The first-order valence-corrected chi connectivity index (χ1v) is 12.3. The quantitative estimate of drug-likeness (QED) is 0.283. The van der Waals surface area contributed by atoms with Gasteiger partial charge in [-0.3, -0.25) is 9.59 Å². The first-order valence-electron chi connectivity index (χ1n) is 11.5. The van der Waals surface area contributed by atoms with Gasteiger partial charge in [-0.2, -0.15) is 18.3 Å². The summed E-state index contributed by atoms with van der Waals surface area (Å²) >= 11 is 1.33. The highest BCUT2D eigenvalue weighted by Gasteiger charge is 2.33. The highest BCUT2D eigenvalue weighted by Crippen LogP contribution is 2.38. The third kappa shape index (κ3) is 5.21. The highest BCUT2D eigenvalue weighted by atomic mass is 32.1. The van der Waals surface area contributed by atoms with Gasteiger partial charge in [0.15, 0.2) is 5.69 Å². The van der Waals surface area contributed by atoms with E-state index in [2.05, 4.69) is 9.84 Å². The number of methoxy groups -OCH3 is 2. The van der Waals surface area contributed by atoms with Crippen molar-refractivity contribution in [2.75, 3.05) is 27.8 Å². The second-order valence-corrected chi connectivity index (χ2v) is 9.83. The standard InChI is InChI=1S/C26H25F3N4O4S/c1-14(2)23-21(15-7-6-8-17(11-15)36-4)30-25(38-23)33-19-10-9-16(26(27,28)29)12-18(19)22(31-33)24(35)32(3)13-20(34)37-5/h6-12,14H,13H2,1-5H3. The van der Waals surface area contributed by atoms with E-state index >= 15 is 0 Å². The number of carbonyl (C=O) groups excluding carboxylic acids is 2. The number of likely N-dealkylation sites (N-methyl/N-ethyl adjacent to an activating group) is 1. The minimum Gasteiger partial charge on any atom is -0.497 e. The van der Waals surface area contributed by atoms with Gasteiger partial charge in [0.05, 0.1) is 31.0 Å². The van der Waals surface area contributed by atoms with E-state index in [0.717, 1.165) is 27.5 Å². The van der Waals surface area contributed by atoms with E-state index in [1.54, 1.807) is 7.11 Å². The molecule has 2 aromatic carbocycles. The second-order valence-electron chi connectivity index (χ2n) is 8.82. The van der Waals surface area contributed by atoms with Gasteiger partial charge in [0, 0.05) is 22.9 Å². The van der Waals surface area contributed by atoms with Crippen LogP contribution in [0.5, 0.6) is 5.75 Å². The van der Waals surface area contributed by atoms with Crippen LogP contribution in [0.4, 0.5) is 13.2 Å². The van der Waals surface area contributed by atoms with E-state index in [9.17, 15) is 22.8 Å². The van der Waals surface area contributed by atoms with Crippen LogP contribution in [-0.4, -0.2) is 59.4 Å². The van der Waals surface area contributed by atoms with Crippen LogP contribution in [0.3, 0.4) is 0 Å².